The molecular formula is C27H37N3O5S. The zero-order valence-corrected chi connectivity index (χ0v) is 22.6. The Hall–Kier alpha value is -3.20. The standard InChI is InChI=1S/C27H37N3O5S/c1-7-30(25(33)21(16-17-36-6)29-26(34)35-27(3,4)5)23(19-13-9-11-15-22(19)31)24(32)28-20-14-10-8-12-18(20)2/h8-15,21,23,31H,7,16-17H2,1-6H3,(H,28,32)(H,29,34). The van der Waals surface area contributed by atoms with Gasteiger partial charge in [-0.15, -0.1) is 0 Å². The first-order valence-electron chi connectivity index (χ1n) is 11.9. The average molecular weight is 516 g/mol. The summed E-state index contributed by atoms with van der Waals surface area (Å²) in [6.45, 7) is 9.03. The van der Waals surface area contributed by atoms with E-state index >= 15 is 0 Å². The van der Waals surface area contributed by atoms with Crippen LogP contribution in [0.5, 0.6) is 5.75 Å². The number of nitrogens with one attached hydrogen (secondary N) is 2. The minimum Gasteiger partial charge on any atom is -0.508 e. The number of aryl methyl sites for hydroxylation is 1. The van der Waals surface area contributed by atoms with Gasteiger partial charge < -0.3 is 25.4 Å². The summed E-state index contributed by atoms with van der Waals surface area (Å²) in [5.41, 5.74) is 1.03. The number of para-hydroxylation sites is 2. The summed E-state index contributed by atoms with van der Waals surface area (Å²) in [7, 11) is 0. The molecule has 0 fully saturated rings. The van der Waals surface area contributed by atoms with Crippen LogP contribution in [0.25, 0.3) is 0 Å². The van der Waals surface area contributed by atoms with Gasteiger partial charge in [-0.3, -0.25) is 9.59 Å². The maximum Gasteiger partial charge on any atom is 0.408 e. The van der Waals surface area contributed by atoms with Crippen molar-refractivity contribution in [3.63, 3.8) is 0 Å². The molecule has 0 bridgehead atoms. The normalized spacial score (nSPS) is 12.8. The number of aromatic hydroxyl groups is 1. The van der Waals surface area contributed by atoms with Crippen LogP contribution in [-0.4, -0.2) is 58.1 Å². The number of amides is 3. The molecule has 0 aromatic heterocycles. The molecular weight excluding hydrogens is 478 g/mol. The van der Waals surface area contributed by atoms with Gasteiger partial charge in [0.2, 0.25) is 5.91 Å². The number of benzene rings is 2. The molecule has 9 heteroatoms. The molecule has 3 N–H and O–H groups in total. The predicted octanol–water partition coefficient (Wildman–Crippen LogP) is 4.88. The second kappa shape index (κ2) is 13.2. The van der Waals surface area contributed by atoms with E-state index in [0.717, 1.165) is 5.56 Å². The number of nitrogens with zero attached hydrogens (tertiary/aromatic N) is 1. The van der Waals surface area contributed by atoms with Crippen molar-refractivity contribution in [1.82, 2.24) is 10.2 Å². The molecule has 0 saturated heterocycles. The topological polar surface area (TPSA) is 108 Å². The minimum atomic E-state index is -1.12. The fourth-order valence-corrected chi connectivity index (χ4v) is 4.16. The van der Waals surface area contributed by atoms with Gasteiger partial charge in [-0.25, -0.2) is 4.79 Å². The number of anilines is 1. The van der Waals surface area contributed by atoms with E-state index in [1.165, 1.54) is 11.0 Å². The molecule has 2 atom stereocenters. The third-order valence-corrected chi connectivity index (χ3v) is 6.06. The van der Waals surface area contributed by atoms with Crippen LogP contribution in [0, 0.1) is 6.92 Å². The highest BCUT2D eigenvalue weighted by Gasteiger charge is 2.36. The quantitative estimate of drug-likeness (QED) is 0.416. The Bertz CT molecular complexity index is 1050. The first-order chi connectivity index (χ1) is 17.0. The van der Waals surface area contributed by atoms with Crippen molar-refractivity contribution in [1.29, 1.82) is 0 Å². The molecule has 0 spiro atoms. The van der Waals surface area contributed by atoms with E-state index in [4.69, 9.17) is 4.74 Å². The number of ether oxygens (including phenoxy) is 1. The smallest absolute Gasteiger partial charge is 0.408 e. The number of hydrogen-bond donors (Lipinski definition) is 3. The summed E-state index contributed by atoms with van der Waals surface area (Å²) in [6, 6.07) is 11.7. The molecule has 0 heterocycles. The minimum absolute atomic E-state index is 0.102. The summed E-state index contributed by atoms with van der Waals surface area (Å²) in [4.78, 5) is 41.4. The van der Waals surface area contributed by atoms with Crippen LogP contribution in [0.4, 0.5) is 10.5 Å². The van der Waals surface area contributed by atoms with Crippen LogP contribution in [0.3, 0.4) is 0 Å². The van der Waals surface area contributed by atoms with Crippen LogP contribution in [0.2, 0.25) is 0 Å². The Labute approximate surface area is 217 Å². The molecule has 8 nitrogen and oxygen atoms in total. The van der Waals surface area contributed by atoms with Crippen LogP contribution in [0.15, 0.2) is 48.5 Å². The van der Waals surface area contributed by atoms with Gasteiger partial charge in [0.25, 0.3) is 5.91 Å². The summed E-state index contributed by atoms with van der Waals surface area (Å²) in [6.07, 6.45) is 1.55. The SMILES string of the molecule is CCN(C(=O)C(CCSC)NC(=O)OC(C)(C)C)C(C(=O)Nc1ccccc1C)c1ccccc1O. The predicted molar refractivity (Wildman–Crippen MR) is 144 cm³/mol. The fraction of sp³-hybridized carbons (Fsp3) is 0.444. The fourth-order valence-electron chi connectivity index (χ4n) is 3.69. The van der Waals surface area contributed by atoms with E-state index in [1.807, 2.05) is 31.4 Å². The Morgan fingerprint density at radius 3 is 2.31 bits per heavy atom. The molecule has 3 amide bonds. The average Bonchev–Trinajstić information content (AvgIpc) is 2.80. The molecule has 0 radical (unpaired) electrons. The Kier molecular flexibility index (Phi) is 10.6. The van der Waals surface area contributed by atoms with Gasteiger partial charge >= 0.3 is 6.09 Å². The van der Waals surface area contributed by atoms with Gasteiger partial charge in [-0.1, -0.05) is 36.4 Å². The van der Waals surface area contributed by atoms with Gasteiger partial charge in [0.15, 0.2) is 0 Å². The van der Waals surface area contributed by atoms with E-state index in [1.54, 1.807) is 63.7 Å². The maximum absolute atomic E-state index is 13.8. The number of hydrogen-bond acceptors (Lipinski definition) is 6. The molecule has 0 aliphatic rings. The molecule has 2 aromatic rings. The van der Waals surface area contributed by atoms with Crippen molar-refractivity contribution >= 4 is 35.4 Å². The molecule has 196 valence electrons. The maximum atomic E-state index is 13.8. The highest BCUT2D eigenvalue weighted by molar-refractivity contribution is 7.98. The van der Waals surface area contributed by atoms with Gasteiger partial charge in [-0.05, 0) is 70.7 Å². The Morgan fingerprint density at radius 2 is 1.72 bits per heavy atom. The van der Waals surface area contributed by atoms with Gasteiger partial charge in [0.05, 0.1) is 0 Å². The van der Waals surface area contributed by atoms with E-state index in [0.29, 0.717) is 23.4 Å². The number of phenols is 1. The third-order valence-electron chi connectivity index (χ3n) is 5.42. The zero-order valence-electron chi connectivity index (χ0n) is 21.8. The molecule has 2 rings (SSSR count). The van der Waals surface area contributed by atoms with E-state index in [9.17, 15) is 19.5 Å². The lowest BCUT2D eigenvalue weighted by Gasteiger charge is -2.34. The summed E-state index contributed by atoms with van der Waals surface area (Å²) in [5.74, 6) is -0.401. The Morgan fingerprint density at radius 1 is 1.08 bits per heavy atom. The molecule has 0 aliphatic heterocycles. The zero-order chi connectivity index (χ0) is 26.9. The number of thioether (sulfide) groups is 1. The van der Waals surface area contributed by atoms with Crippen LogP contribution < -0.4 is 10.6 Å². The first kappa shape index (κ1) is 29.0. The van der Waals surface area contributed by atoms with Gasteiger partial charge in [-0.2, -0.15) is 11.8 Å². The van der Waals surface area contributed by atoms with Crippen LogP contribution in [0.1, 0.15) is 51.3 Å². The van der Waals surface area contributed by atoms with Gasteiger partial charge in [0.1, 0.15) is 23.4 Å². The summed E-state index contributed by atoms with van der Waals surface area (Å²) < 4.78 is 5.37. The highest BCUT2D eigenvalue weighted by Crippen LogP contribution is 2.31. The Balaban J connectivity index is 2.45. The lowest BCUT2D eigenvalue weighted by Crippen LogP contribution is -2.52. The van der Waals surface area contributed by atoms with Crippen molar-refractivity contribution in [3.05, 3.63) is 59.7 Å². The van der Waals surface area contributed by atoms with Gasteiger partial charge in [0, 0.05) is 17.8 Å². The number of rotatable bonds is 10. The second-order valence-electron chi connectivity index (χ2n) is 9.37. The van der Waals surface area contributed by atoms with Crippen molar-refractivity contribution in [2.45, 2.75) is 58.7 Å². The summed E-state index contributed by atoms with van der Waals surface area (Å²) >= 11 is 1.54. The molecule has 2 aromatic carbocycles. The van der Waals surface area contributed by atoms with Crippen molar-refractivity contribution in [2.24, 2.45) is 0 Å². The summed E-state index contributed by atoms with van der Waals surface area (Å²) in [5, 5.41) is 16.2. The number of phenolic OH excluding ortho intramolecular Hbond substituents is 1. The molecule has 0 saturated carbocycles. The number of alkyl carbamates (subject to hydrolysis) is 1. The number of likely N-dealkylation sites (N-methyl/N-ethyl adjacent to an activating group) is 1. The monoisotopic (exact) mass is 515 g/mol. The van der Waals surface area contributed by atoms with Crippen LogP contribution >= 0.6 is 11.8 Å². The third kappa shape index (κ3) is 8.19. The molecule has 2 unspecified atom stereocenters. The molecule has 36 heavy (non-hydrogen) atoms. The van der Waals surface area contributed by atoms with E-state index in [2.05, 4.69) is 10.6 Å². The second-order valence-corrected chi connectivity index (χ2v) is 10.4. The lowest BCUT2D eigenvalue weighted by molar-refractivity contribution is -0.140. The number of carbonyl (C=O) groups excluding carboxylic acids is 3. The van der Waals surface area contributed by atoms with E-state index in [-0.39, 0.29) is 12.3 Å². The number of carbonyl (C=O) groups is 3. The molecule has 0 aliphatic carbocycles. The van der Waals surface area contributed by atoms with Crippen molar-refractivity contribution in [3.8, 4) is 5.75 Å². The van der Waals surface area contributed by atoms with Crippen molar-refractivity contribution < 1.29 is 24.2 Å². The van der Waals surface area contributed by atoms with E-state index < -0.39 is 35.6 Å². The largest absolute Gasteiger partial charge is 0.508 e. The van der Waals surface area contributed by atoms with Crippen molar-refractivity contribution in [2.75, 3.05) is 23.9 Å². The first-order valence-corrected chi connectivity index (χ1v) is 13.3. The van der Waals surface area contributed by atoms with Crippen LogP contribution in [-0.2, 0) is 14.3 Å². The lowest BCUT2D eigenvalue weighted by atomic mass is 10.0. The highest BCUT2D eigenvalue weighted by atomic mass is 32.2.